The summed E-state index contributed by atoms with van der Waals surface area (Å²) in [5.74, 6) is 1.53. The van der Waals surface area contributed by atoms with Gasteiger partial charge in [-0.1, -0.05) is 20.3 Å². The highest BCUT2D eigenvalue weighted by Gasteiger charge is 2.31. The lowest BCUT2D eigenvalue weighted by atomic mass is 9.98. The SMILES string of the molecule is CC(C)CC(C)N(C)C1CCCC1CN. The monoisotopic (exact) mass is 212 g/mol. The van der Waals surface area contributed by atoms with E-state index in [0.717, 1.165) is 24.4 Å². The molecule has 3 atom stereocenters. The average molecular weight is 212 g/mol. The standard InChI is InChI=1S/C13H28N2/c1-10(2)8-11(3)15(4)13-7-5-6-12(13)9-14/h10-13H,5-9,14H2,1-4H3. The van der Waals surface area contributed by atoms with E-state index in [1.807, 2.05) is 0 Å². The fourth-order valence-electron chi connectivity index (χ4n) is 3.00. The molecule has 0 aliphatic heterocycles. The lowest BCUT2D eigenvalue weighted by Crippen LogP contribution is -2.43. The topological polar surface area (TPSA) is 29.3 Å². The van der Waals surface area contributed by atoms with Crippen LogP contribution in [0.2, 0.25) is 0 Å². The lowest BCUT2D eigenvalue weighted by molar-refractivity contribution is 0.136. The van der Waals surface area contributed by atoms with Gasteiger partial charge in [-0.3, -0.25) is 0 Å². The normalized spacial score (nSPS) is 29.0. The molecule has 1 aliphatic carbocycles. The highest BCUT2D eigenvalue weighted by atomic mass is 15.2. The Balaban J connectivity index is 2.47. The first-order valence-corrected chi connectivity index (χ1v) is 6.48. The third-order valence-electron chi connectivity index (χ3n) is 3.95. The van der Waals surface area contributed by atoms with Gasteiger partial charge >= 0.3 is 0 Å². The van der Waals surface area contributed by atoms with Gasteiger partial charge < -0.3 is 10.6 Å². The van der Waals surface area contributed by atoms with E-state index in [-0.39, 0.29) is 0 Å². The molecule has 90 valence electrons. The molecule has 0 bridgehead atoms. The molecule has 1 fully saturated rings. The molecule has 0 radical (unpaired) electrons. The van der Waals surface area contributed by atoms with E-state index in [1.54, 1.807) is 0 Å². The summed E-state index contributed by atoms with van der Waals surface area (Å²) in [6, 6.07) is 1.44. The maximum atomic E-state index is 5.84. The smallest absolute Gasteiger partial charge is 0.0135 e. The van der Waals surface area contributed by atoms with Crippen LogP contribution < -0.4 is 5.73 Å². The van der Waals surface area contributed by atoms with Gasteiger partial charge in [-0.25, -0.2) is 0 Å². The van der Waals surface area contributed by atoms with Crippen molar-refractivity contribution < 1.29 is 0 Å². The van der Waals surface area contributed by atoms with Crippen molar-refractivity contribution in [2.45, 2.75) is 58.5 Å². The minimum Gasteiger partial charge on any atom is -0.330 e. The number of hydrogen-bond donors (Lipinski definition) is 1. The molecule has 0 spiro atoms. The molecule has 0 saturated heterocycles. The number of rotatable bonds is 5. The zero-order valence-corrected chi connectivity index (χ0v) is 10.9. The van der Waals surface area contributed by atoms with Crippen molar-refractivity contribution in [3.8, 4) is 0 Å². The van der Waals surface area contributed by atoms with Gasteiger partial charge in [0.25, 0.3) is 0 Å². The first-order chi connectivity index (χ1) is 7.06. The molecular formula is C13H28N2. The van der Waals surface area contributed by atoms with Crippen LogP contribution in [-0.4, -0.2) is 30.6 Å². The van der Waals surface area contributed by atoms with Crippen molar-refractivity contribution in [1.29, 1.82) is 0 Å². The minimum atomic E-state index is 0.696. The number of hydrogen-bond acceptors (Lipinski definition) is 2. The molecular weight excluding hydrogens is 184 g/mol. The Kier molecular flexibility index (Phi) is 5.07. The maximum absolute atomic E-state index is 5.84. The summed E-state index contributed by atoms with van der Waals surface area (Å²) in [7, 11) is 2.28. The molecule has 0 aromatic carbocycles. The summed E-state index contributed by atoms with van der Waals surface area (Å²) in [5, 5.41) is 0. The van der Waals surface area contributed by atoms with Crippen LogP contribution in [-0.2, 0) is 0 Å². The zero-order chi connectivity index (χ0) is 11.4. The van der Waals surface area contributed by atoms with Crippen LogP contribution in [0.1, 0.15) is 46.5 Å². The third kappa shape index (κ3) is 3.46. The Morgan fingerprint density at radius 2 is 1.93 bits per heavy atom. The van der Waals surface area contributed by atoms with Gasteiger partial charge in [0, 0.05) is 12.1 Å². The van der Waals surface area contributed by atoms with Gasteiger partial charge in [-0.05, 0) is 51.6 Å². The first kappa shape index (κ1) is 13.0. The van der Waals surface area contributed by atoms with Crippen LogP contribution in [0.4, 0.5) is 0 Å². The molecule has 0 aromatic heterocycles. The summed E-state index contributed by atoms with van der Waals surface area (Å²) < 4.78 is 0. The lowest BCUT2D eigenvalue weighted by Gasteiger charge is -2.35. The molecule has 2 heteroatoms. The fourth-order valence-corrected chi connectivity index (χ4v) is 3.00. The third-order valence-corrected chi connectivity index (χ3v) is 3.95. The first-order valence-electron chi connectivity index (χ1n) is 6.48. The van der Waals surface area contributed by atoms with Crippen LogP contribution in [0.5, 0.6) is 0 Å². The van der Waals surface area contributed by atoms with Gasteiger partial charge in [-0.2, -0.15) is 0 Å². The highest BCUT2D eigenvalue weighted by Crippen LogP contribution is 2.30. The fraction of sp³-hybridized carbons (Fsp3) is 1.00. The highest BCUT2D eigenvalue weighted by molar-refractivity contribution is 4.86. The summed E-state index contributed by atoms with van der Waals surface area (Å²) in [5.41, 5.74) is 5.84. The predicted molar refractivity (Wildman–Crippen MR) is 66.9 cm³/mol. The molecule has 15 heavy (non-hydrogen) atoms. The summed E-state index contributed by atoms with van der Waals surface area (Å²) in [6.45, 7) is 7.83. The zero-order valence-electron chi connectivity index (χ0n) is 10.9. The summed E-state index contributed by atoms with van der Waals surface area (Å²) in [4.78, 5) is 2.57. The van der Waals surface area contributed by atoms with E-state index in [9.17, 15) is 0 Å². The van der Waals surface area contributed by atoms with E-state index in [1.165, 1.54) is 25.7 Å². The molecule has 3 unspecified atom stereocenters. The van der Waals surface area contributed by atoms with Crippen LogP contribution in [0, 0.1) is 11.8 Å². The molecule has 1 rings (SSSR count). The second kappa shape index (κ2) is 5.86. The van der Waals surface area contributed by atoms with Crippen molar-refractivity contribution >= 4 is 0 Å². The Morgan fingerprint density at radius 1 is 1.27 bits per heavy atom. The van der Waals surface area contributed by atoms with E-state index in [2.05, 4.69) is 32.7 Å². The Hall–Kier alpha value is -0.0800. The van der Waals surface area contributed by atoms with Gasteiger partial charge in [0.15, 0.2) is 0 Å². The Morgan fingerprint density at radius 3 is 2.47 bits per heavy atom. The average Bonchev–Trinajstić information content (AvgIpc) is 2.62. The second-order valence-corrected chi connectivity index (χ2v) is 5.64. The number of nitrogens with two attached hydrogens (primary N) is 1. The van der Waals surface area contributed by atoms with Crippen molar-refractivity contribution in [3.63, 3.8) is 0 Å². The summed E-state index contributed by atoms with van der Waals surface area (Å²) >= 11 is 0. The second-order valence-electron chi connectivity index (χ2n) is 5.64. The van der Waals surface area contributed by atoms with Crippen molar-refractivity contribution in [2.75, 3.05) is 13.6 Å². The van der Waals surface area contributed by atoms with Gasteiger partial charge in [0.1, 0.15) is 0 Å². The van der Waals surface area contributed by atoms with E-state index in [4.69, 9.17) is 5.73 Å². The van der Waals surface area contributed by atoms with Crippen molar-refractivity contribution in [3.05, 3.63) is 0 Å². The van der Waals surface area contributed by atoms with E-state index >= 15 is 0 Å². The van der Waals surface area contributed by atoms with Crippen LogP contribution in [0.15, 0.2) is 0 Å². The van der Waals surface area contributed by atoms with Crippen LogP contribution in [0.25, 0.3) is 0 Å². The molecule has 0 amide bonds. The molecule has 1 saturated carbocycles. The van der Waals surface area contributed by atoms with Crippen LogP contribution in [0.3, 0.4) is 0 Å². The Labute approximate surface area is 95.2 Å². The Bertz CT molecular complexity index is 179. The maximum Gasteiger partial charge on any atom is 0.0135 e. The van der Waals surface area contributed by atoms with E-state index < -0.39 is 0 Å². The molecule has 1 aliphatic rings. The largest absolute Gasteiger partial charge is 0.330 e. The number of nitrogens with zero attached hydrogens (tertiary/aromatic N) is 1. The molecule has 0 aromatic rings. The van der Waals surface area contributed by atoms with Crippen molar-refractivity contribution in [1.82, 2.24) is 4.90 Å². The molecule has 2 N–H and O–H groups in total. The van der Waals surface area contributed by atoms with E-state index in [0.29, 0.717) is 6.04 Å². The quantitative estimate of drug-likeness (QED) is 0.758. The van der Waals surface area contributed by atoms with Crippen molar-refractivity contribution in [2.24, 2.45) is 17.6 Å². The summed E-state index contributed by atoms with van der Waals surface area (Å²) in [6.07, 6.45) is 5.34. The molecule has 0 heterocycles. The molecule has 2 nitrogen and oxygen atoms in total. The van der Waals surface area contributed by atoms with Crippen LogP contribution >= 0.6 is 0 Å². The van der Waals surface area contributed by atoms with Gasteiger partial charge in [0.05, 0.1) is 0 Å². The minimum absolute atomic E-state index is 0.696. The van der Waals surface area contributed by atoms with Gasteiger partial charge in [-0.15, -0.1) is 0 Å². The van der Waals surface area contributed by atoms with Gasteiger partial charge in [0.2, 0.25) is 0 Å². The predicted octanol–water partition coefficient (Wildman–Crippen LogP) is 2.48.